The number of sulfonamides is 1. The van der Waals surface area contributed by atoms with E-state index >= 15 is 0 Å². The first-order valence-corrected chi connectivity index (χ1v) is 9.91. The molecule has 2 aromatic rings. The lowest BCUT2D eigenvalue weighted by Crippen LogP contribution is -2.26. The van der Waals surface area contributed by atoms with Gasteiger partial charge in [-0.2, -0.15) is 0 Å². The summed E-state index contributed by atoms with van der Waals surface area (Å²) in [7, 11) is -0.485. The SMILES string of the molecule is Cc1ccc(/C=C/C(=O)NCCOc2ccc(S(=O)(=O)N(C)C)cc2)cc1. The molecule has 0 unspecified atom stereocenters. The fourth-order valence-electron chi connectivity index (χ4n) is 2.17. The van der Waals surface area contributed by atoms with E-state index in [0.29, 0.717) is 12.3 Å². The Kier molecular flexibility index (Phi) is 7.15. The zero-order chi connectivity index (χ0) is 19.9. The van der Waals surface area contributed by atoms with Gasteiger partial charge >= 0.3 is 0 Å². The molecule has 0 bridgehead atoms. The van der Waals surface area contributed by atoms with Crippen LogP contribution < -0.4 is 10.1 Å². The van der Waals surface area contributed by atoms with Gasteiger partial charge in [0.25, 0.3) is 0 Å². The van der Waals surface area contributed by atoms with Gasteiger partial charge in [-0.25, -0.2) is 12.7 Å². The van der Waals surface area contributed by atoms with E-state index in [-0.39, 0.29) is 17.4 Å². The summed E-state index contributed by atoms with van der Waals surface area (Å²) in [4.78, 5) is 12.0. The Balaban J connectivity index is 1.76. The Morgan fingerprint density at radius 1 is 1.07 bits per heavy atom. The van der Waals surface area contributed by atoms with Gasteiger partial charge in [0.15, 0.2) is 0 Å². The lowest BCUT2D eigenvalue weighted by Gasteiger charge is -2.12. The van der Waals surface area contributed by atoms with Crippen LogP contribution in [-0.4, -0.2) is 45.9 Å². The minimum atomic E-state index is -3.45. The van der Waals surface area contributed by atoms with E-state index in [9.17, 15) is 13.2 Å². The molecule has 0 saturated heterocycles. The number of hydrogen-bond donors (Lipinski definition) is 1. The molecule has 27 heavy (non-hydrogen) atoms. The van der Waals surface area contributed by atoms with Crippen LogP contribution in [0.15, 0.2) is 59.5 Å². The predicted molar refractivity (Wildman–Crippen MR) is 106 cm³/mol. The molecular weight excluding hydrogens is 364 g/mol. The fraction of sp³-hybridized carbons (Fsp3) is 0.250. The van der Waals surface area contributed by atoms with Crippen LogP contribution in [0.2, 0.25) is 0 Å². The highest BCUT2D eigenvalue weighted by molar-refractivity contribution is 7.89. The lowest BCUT2D eigenvalue weighted by atomic mass is 10.1. The van der Waals surface area contributed by atoms with Crippen LogP contribution in [0.3, 0.4) is 0 Å². The molecule has 0 aliphatic heterocycles. The summed E-state index contributed by atoms with van der Waals surface area (Å²) in [5, 5.41) is 2.73. The van der Waals surface area contributed by atoms with Gasteiger partial charge in [0, 0.05) is 20.2 Å². The summed E-state index contributed by atoms with van der Waals surface area (Å²) in [6.45, 7) is 2.63. The van der Waals surface area contributed by atoms with Crippen molar-refractivity contribution in [3.63, 3.8) is 0 Å². The molecule has 2 aromatic carbocycles. The van der Waals surface area contributed by atoms with E-state index in [2.05, 4.69) is 5.32 Å². The average Bonchev–Trinajstić information content (AvgIpc) is 2.65. The number of carbonyl (C=O) groups is 1. The maximum Gasteiger partial charge on any atom is 0.244 e. The van der Waals surface area contributed by atoms with Crippen LogP contribution >= 0.6 is 0 Å². The molecule has 0 fully saturated rings. The third-order valence-electron chi connectivity index (χ3n) is 3.78. The van der Waals surface area contributed by atoms with E-state index < -0.39 is 10.0 Å². The number of carbonyl (C=O) groups excluding carboxylic acids is 1. The third kappa shape index (κ3) is 6.23. The van der Waals surface area contributed by atoms with Crippen molar-refractivity contribution in [3.05, 3.63) is 65.7 Å². The van der Waals surface area contributed by atoms with Crippen LogP contribution in [-0.2, 0) is 14.8 Å². The first-order valence-electron chi connectivity index (χ1n) is 8.47. The summed E-state index contributed by atoms with van der Waals surface area (Å²) in [6, 6.07) is 14.0. The van der Waals surface area contributed by atoms with E-state index in [4.69, 9.17) is 4.74 Å². The Labute approximate surface area is 160 Å². The number of rotatable bonds is 8. The van der Waals surface area contributed by atoms with Gasteiger partial charge < -0.3 is 10.1 Å². The van der Waals surface area contributed by atoms with Crippen molar-refractivity contribution in [2.24, 2.45) is 0 Å². The van der Waals surface area contributed by atoms with Crippen molar-refractivity contribution >= 4 is 22.0 Å². The number of nitrogens with one attached hydrogen (secondary N) is 1. The van der Waals surface area contributed by atoms with Crippen molar-refractivity contribution in [3.8, 4) is 5.75 Å². The lowest BCUT2D eigenvalue weighted by molar-refractivity contribution is -0.116. The van der Waals surface area contributed by atoms with Crippen molar-refractivity contribution in [2.45, 2.75) is 11.8 Å². The summed E-state index contributed by atoms with van der Waals surface area (Å²) in [5.74, 6) is 0.337. The van der Waals surface area contributed by atoms with Crippen molar-refractivity contribution in [1.82, 2.24) is 9.62 Å². The Bertz CT molecular complexity index is 887. The molecule has 144 valence electrons. The monoisotopic (exact) mass is 388 g/mol. The van der Waals surface area contributed by atoms with Crippen molar-refractivity contribution < 1.29 is 17.9 Å². The molecule has 0 aromatic heterocycles. The third-order valence-corrected chi connectivity index (χ3v) is 5.61. The van der Waals surface area contributed by atoms with Crippen molar-refractivity contribution in [2.75, 3.05) is 27.2 Å². The predicted octanol–water partition coefficient (Wildman–Crippen LogP) is 2.45. The molecule has 7 heteroatoms. The van der Waals surface area contributed by atoms with Crippen LogP contribution in [0.1, 0.15) is 11.1 Å². The topological polar surface area (TPSA) is 75.7 Å². The van der Waals surface area contributed by atoms with E-state index in [1.165, 1.54) is 37.9 Å². The maximum atomic E-state index is 12.0. The van der Waals surface area contributed by atoms with Crippen LogP contribution in [0.5, 0.6) is 5.75 Å². The van der Waals surface area contributed by atoms with Gasteiger partial charge in [-0.15, -0.1) is 0 Å². The van der Waals surface area contributed by atoms with Gasteiger partial charge in [-0.3, -0.25) is 4.79 Å². The molecule has 0 saturated carbocycles. The highest BCUT2D eigenvalue weighted by atomic mass is 32.2. The molecule has 0 aliphatic rings. The summed E-state index contributed by atoms with van der Waals surface area (Å²) in [5.41, 5.74) is 2.13. The Morgan fingerprint density at radius 3 is 2.30 bits per heavy atom. The molecule has 0 atom stereocenters. The average molecular weight is 388 g/mol. The van der Waals surface area contributed by atoms with E-state index in [0.717, 1.165) is 9.87 Å². The smallest absolute Gasteiger partial charge is 0.244 e. The van der Waals surface area contributed by atoms with Crippen molar-refractivity contribution in [1.29, 1.82) is 0 Å². The molecular formula is C20H24N2O4S. The normalized spacial score (nSPS) is 11.7. The highest BCUT2D eigenvalue weighted by Crippen LogP contribution is 2.17. The molecule has 1 amide bonds. The zero-order valence-electron chi connectivity index (χ0n) is 15.7. The fourth-order valence-corrected chi connectivity index (χ4v) is 3.07. The number of nitrogens with zero attached hydrogens (tertiary/aromatic N) is 1. The number of ether oxygens (including phenoxy) is 1. The first-order chi connectivity index (χ1) is 12.8. The summed E-state index contributed by atoms with van der Waals surface area (Å²) in [6.07, 6.45) is 3.23. The molecule has 0 radical (unpaired) electrons. The summed E-state index contributed by atoms with van der Waals surface area (Å²) >= 11 is 0. The largest absolute Gasteiger partial charge is 0.492 e. The molecule has 0 spiro atoms. The second kappa shape index (κ2) is 9.34. The standard InChI is InChI=1S/C20H24N2O4S/c1-16-4-6-17(7-5-16)8-13-20(23)21-14-15-26-18-9-11-19(12-10-18)27(24,25)22(2)3/h4-13H,14-15H2,1-3H3,(H,21,23)/b13-8+. The zero-order valence-corrected chi connectivity index (χ0v) is 16.5. The van der Waals surface area contributed by atoms with Gasteiger partial charge in [0.1, 0.15) is 12.4 Å². The van der Waals surface area contributed by atoms with Gasteiger partial charge in [0.05, 0.1) is 11.4 Å². The molecule has 0 aliphatic carbocycles. The number of benzene rings is 2. The molecule has 0 heterocycles. The number of amides is 1. The number of aryl methyl sites for hydroxylation is 1. The maximum absolute atomic E-state index is 12.0. The Hall–Kier alpha value is -2.64. The second-order valence-electron chi connectivity index (χ2n) is 6.14. The van der Waals surface area contributed by atoms with E-state index in [1.54, 1.807) is 18.2 Å². The van der Waals surface area contributed by atoms with Gasteiger partial charge in [-0.05, 0) is 42.8 Å². The minimum absolute atomic E-state index is 0.202. The van der Waals surface area contributed by atoms with Crippen LogP contribution in [0.25, 0.3) is 6.08 Å². The molecule has 2 rings (SSSR count). The first kappa shape index (κ1) is 20.7. The molecule has 6 nitrogen and oxygen atoms in total. The molecule has 1 N–H and O–H groups in total. The van der Waals surface area contributed by atoms with Crippen LogP contribution in [0.4, 0.5) is 0 Å². The van der Waals surface area contributed by atoms with E-state index in [1.807, 2.05) is 31.2 Å². The summed E-state index contributed by atoms with van der Waals surface area (Å²) < 4.78 is 30.6. The number of hydrogen-bond acceptors (Lipinski definition) is 4. The second-order valence-corrected chi connectivity index (χ2v) is 8.29. The van der Waals surface area contributed by atoms with Gasteiger partial charge in [0.2, 0.25) is 15.9 Å². The van der Waals surface area contributed by atoms with Crippen LogP contribution in [0, 0.1) is 6.92 Å². The highest BCUT2D eigenvalue weighted by Gasteiger charge is 2.16. The quantitative estimate of drug-likeness (QED) is 0.557. The Morgan fingerprint density at radius 2 is 1.70 bits per heavy atom. The van der Waals surface area contributed by atoms with Gasteiger partial charge in [-0.1, -0.05) is 29.8 Å². The minimum Gasteiger partial charge on any atom is -0.492 e.